The molecular weight excluding hydrogens is 138 g/mol. The minimum Gasteiger partial charge on any atom is -0.365 e. The van der Waals surface area contributed by atoms with Crippen LogP contribution in [-0.4, -0.2) is 10.2 Å². The molecule has 1 aromatic carbocycles. The molecule has 0 bridgehead atoms. The summed E-state index contributed by atoms with van der Waals surface area (Å²) in [5.41, 5.74) is 1.00. The molecule has 0 spiro atoms. The average Bonchev–Trinajstić information content (AvgIpc) is 2.58. The Labute approximate surface area is 64.1 Å². The topological polar surface area (TPSA) is 39.9 Å². The first kappa shape index (κ1) is 6.09. The monoisotopic (exact) mass is 144 g/mol. The predicted octanol–water partition coefficient (Wildman–Crippen LogP) is 1.10. The summed E-state index contributed by atoms with van der Waals surface area (Å²) in [6, 6.07) is 9.77. The lowest BCUT2D eigenvalue weighted by atomic mass is 10.2. The molecule has 3 nitrogen and oxygen atoms in total. The summed E-state index contributed by atoms with van der Waals surface area (Å²) >= 11 is 0. The molecule has 0 aliphatic rings. The molecular formula is C8H6N3-. The van der Waals surface area contributed by atoms with E-state index >= 15 is 0 Å². The molecule has 0 fully saturated rings. The summed E-state index contributed by atoms with van der Waals surface area (Å²) < 4.78 is 0. The smallest absolute Gasteiger partial charge is 0.0194 e. The van der Waals surface area contributed by atoms with Crippen LogP contribution in [0.5, 0.6) is 0 Å². The van der Waals surface area contributed by atoms with Crippen LogP contribution in [0.25, 0.3) is 11.4 Å². The van der Waals surface area contributed by atoms with E-state index in [0.717, 1.165) is 5.56 Å². The summed E-state index contributed by atoms with van der Waals surface area (Å²) in [6.45, 7) is 0. The van der Waals surface area contributed by atoms with Crippen LogP contribution in [0.1, 0.15) is 0 Å². The van der Waals surface area contributed by atoms with Crippen molar-refractivity contribution in [3.8, 4) is 11.4 Å². The van der Waals surface area contributed by atoms with Crippen molar-refractivity contribution in [2.24, 2.45) is 0 Å². The molecule has 0 N–H and O–H groups in total. The minimum absolute atomic E-state index is 0.686. The van der Waals surface area contributed by atoms with Gasteiger partial charge in [-0.05, 0) is 11.9 Å². The summed E-state index contributed by atoms with van der Waals surface area (Å²) in [7, 11) is 0. The van der Waals surface area contributed by atoms with Crippen molar-refractivity contribution in [2.75, 3.05) is 0 Å². The third-order valence-corrected chi connectivity index (χ3v) is 1.42. The molecule has 2 rings (SSSR count). The molecule has 0 atom stereocenters. The maximum atomic E-state index is 3.96. The Morgan fingerprint density at radius 2 is 1.91 bits per heavy atom. The first-order valence-electron chi connectivity index (χ1n) is 3.32. The molecule has 54 valence electrons. The van der Waals surface area contributed by atoms with Crippen molar-refractivity contribution in [1.29, 1.82) is 0 Å². The van der Waals surface area contributed by atoms with Gasteiger partial charge in [-0.2, -0.15) is 0 Å². The maximum absolute atomic E-state index is 3.96. The van der Waals surface area contributed by atoms with Crippen LogP contribution in [0.15, 0.2) is 36.7 Å². The van der Waals surface area contributed by atoms with E-state index in [0.29, 0.717) is 5.82 Å². The molecule has 0 unspecified atom stereocenters. The van der Waals surface area contributed by atoms with Crippen LogP contribution in [0.4, 0.5) is 0 Å². The Morgan fingerprint density at radius 3 is 2.55 bits per heavy atom. The Balaban J connectivity index is 2.46. The van der Waals surface area contributed by atoms with Crippen LogP contribution in [0.2, 0.25) is 0 Å². The van der Waals surface area contributed by atoms with Crippen molar-refractivity contribution in [3.05, 3.63) is 36.7 Å². The normalized spacial score (nSPS) is 9.82. The zero-order chi connectivity index (χ0) is 7.52. The Bertz CT molecular complexity index is 312. The fraction of sp³-hybridized carbons (Fsp3) is 0. The second-order valence-corrected chi connectivity index (χ2v) is 2.15. The van der Waals surface area contributed by atoms with E-state index in [4.69, 9.17) is 0 Å². The van der Waals surface area contributed by atoms with Gasteiger partial charge in [-0.1, -0.05) is 30.3 Å². The Kier molecular flexibility index (Phi) is 1.41. The van der Waals surface area contributed by atoms with E-state index in [1.54, 1.807) is 0 Å². The summed E-state index contributed by atoms with van der Waals surface area (Å²) in [4.78, 5) is 3.96. The minimum atomic E-state index is 0.686. The van der Waals surface area contributed by atoms with Crippen LogP contribution >= 0.6 is 0 Å². The van der Waals surface area contributed by atoms with Crippen LogP contribution in [-0.2, 0) is 0 Å². The van der Waals surface area contributed by atoms with E-state index in [-0.39, 0.29) is 0 Å². The van der Waals surface area contributed by atoms with Crippen molar-refractivity contribution in [1.82, 2.24) is 15.2 Å². The van der Waals surface area contributed by atoms with Gasteiger partial charge in [0.1, 0.15) is 0 Å². The third kappa shape index (κ3) is 1.12. The standard InChI is InChI=1S/C8H6N3/c1-2-4-7(5-3-1)8-9-6-10-11-8/h1-6H/q-1. The molecule has 0 saturated carbocycles. The molecule has 0 aliphatic carbocycles. The number of aromatic nitrogens is 3. The van der Waals surface area contributed by atoms with Gasteiger partial charge >= 0.3 is 0 Å². The summed E-state index contributed by atoms with van der Waals surface area (Å²) in [6.07, 6.45) is 1.45. The van der Waals surface area contributed by atoms with Gasteiger partial charge in [-0.25, -0.2) is 0 Å². The third-order valence-electron chi connectivity index (χ3n) is 1.42. The second kappa shape index (κ2) is 2.54. The molecule has 0 saturated heterocycles. The molecule has 0 amide bonds. The van der Waals surface area contributed by atoms with Gasteiger partial charge in [0.2, 0.25) is 0 Å². The quantitative estimate of drug-likeness (QED) is 0.601. The van der Waals surface area contributed by atoms with E-state index in [1.165, 1.54) is 6.33 Å². The first-order valence-corrected chi connectivity index (χ1v) is 3.32. The average molecular weight is 144 g/mol. The Hall–Kier alpha value is -1.64. The van der Waals surface area contributed by atoms with Crippen molar-refractivity contribution in [3.63, 3.8) is 0 Å². The zero-order valence-electron chi connectivity index (χ0n) is 5.81. The van der Waals surface area contributed by atoms with Crippen molar-refractivity contribution < 1.29 is 0 Å². The van der Waals surface area contributed by atoms with Gasteiger partial charge in [0.25, 0.3) is 0 Å². The van der Waals surface area contributed by atoms with E-state index in [9.17, 15) is 0 Å². The molecule has 1 aromatic heterocycles. The van der Waals surface area contributed by atoms with Gasteiger partial charge in [-0.3, -0.25) is 0 Å². The fourth-order valence-electron chi connectivity index (χ4n) is 0.906. The molecule has 0 aliphatic heterocycles. The highest BCUT2D eigenvalue weighted by Crippen LogP contribution is 2.10. The van der Waals surface area contributed by atoms with Gasteiger partial charge in [-0.15, -0.1) is 0 Å². The molecule has 11 heavy (non-hydrogen) atoms. The highest BCUT2D eigenvalue weighted by molar-refractivity contribution is 5.53. The van der Waals surface area contributed by atoms with Gasteiger partial charge < -0.3 is 15.2 Å². The number of hydrogen-bond acceptors (Lipinski definition) is 2. The van der Waals surface area contributed by atoms with Gasteiger partial charge in [0, 0.05) is 5.82 Å². The summed E-state index contributed by atoms with van der Waals surface area (Å²) in [5, 5.41) is 7.46. The predicted molar refractivity (Wildman–Crippen MR) is 40.8 cm³/mol. The van der Waals surface area contributed by atoms with Gasteiger partial charge in [0.05, 0.1) is 0 Å². The highest BCUT2D eigenvalue weighted by Gasteiger charge is 1.88. The maximum Gasteiger partial charge on any atom is 0.0194 e. The molecule has 3 heteroatoms. The van der Waals surface area contributed by atoms with Crippen LogP contribution in [0.3, 0.4) is 0 Å². The largest absolute Gasteiger partial charge is 0.365 e. The lowest BCUT2D eigenvalue weighted by molar-refractivity contribution is 1.10. The second-order valence-electron chi connectivity index (χ2n) is 2.15. The zero-order valence-corrected chi connectivity index (χ0v) is 5.81. The number of hydrogen-bond donors (Lipinski definition) is 0. The molecule has 1 heterocycles. The van der Waals surface area contributed by atoms with Crippen LogP contribution < -0.4 is 4.98 Å². The summed E-state index contributed by atoms with van der Waals surface area (Å²) in [5.74, 6) is 0.686. The fourth-order valence-corrected chi connectivity index (χ4v) is 0.906. The van der Waals surface area contributed by atoms with Gasteiger partial charge in [0.15, 0.2) is 0 Å². The number of nitrogens with zero attached hydrogens (tertiary/aromatic N) is 3. The van der Waals surface area contributed by atoms with Crippen LogP contribution in [0, 0.1) is 0 Å². The van der Waals surface area contributed by atoms with E-state index in [1.807, 2.05) is 30.3 Å². The number of rotatable bonds is 1. The van der Waals surface area contributed by atoms with E-state index < -0.39 is 0 Å². The Morgan fingerprint density at radius 1 is 1.09 bits per heavy atom. The molecule has 2 aromatic rings. The first-order chi connectivity index (χ1) is 5.47. The number of benzene rings is 1. The lowest BCUT2D eigenvalue weighted by Crippen LogP contribution is -1.80. The SMILES string of the molecule is c1ccc(-c2nnc[n-]2)cc1. The lowest BCUT2D eigenvalue weighted by Gasteiger charge is -1.97. The molecule has 0 radical (unpaired) electrons. The van der Waals surface area contributed by atoms with Crippen molar-refractivity contribution >= 4 is 0 Å². The highest BCUT2D eigenvalue weighted by atomic mass is 15.2. The van der Waals surface area contributed by atoms with E-state index in [2.05, 4.69) is 15.2 Å². The van der Waals surface area contributed by atoms with Crippen molar-refractivity contribution in [2.45, 2.75) is 0 Å².